The average Bonchev–Trinajstić information content (AvgIpc) is 3.58. The molecule has 6 nitrogen and oxygen atoms in total. The molecule has 7 aromatic rings. The number of benzene rings is 5. The average molecular weight is 615 g/mol. The summed E-state index contributed by atoms with van der Waals surface area (Å²) < 4.78 is 7.66. The Kier molecular flexibility index (Phi) is 7.35. The Morgan fingerprint density at radius 3 is 1.91 bits per heavy atom. The third-order valence-corrected chi connectivity index (χ3v) is 9.28. The molecule has 0 saturated carbocycles. The summed E-state index contributed by atoms with van der Waals surface area (Å²) in [7, 11) is 0. The van der Waals surface area contributed by atoms with Crippen LogP contribution in [0.3, 0.4) is 0 Å². The Bertz CT molecular complexity index is 2110. The summed E-state index contributed by atoms with van der Waals surface area (Å²) in [4.78, 5) is 20.2. The Morgan fingerprint density at radius 2 is 1.30 bits per heavy atom. The number of morpholine rings is 1. The van der Waals surface area contributed by atoms with Crippen LogP contribution >= 0.6 is 0 Å². The van der Waals surface area contributed by atoms with Gasteiger partial charge in [-0.05, 0) is 65.1 Å². The Balaban J connectivity index is 1.37. The number of aryl methyl sites for hydroxylation is 1. The van der Waals surface area contributed by atoms with Crippen LogP contribution in [0.5, 0.6) is 0 Å². The lowest BCUT2D eigenvalue weighted by molar-refractivity contribution is 0.0303. The summed E-state index contributed by atoms with van der Waals surface area (Å²) >= 11 is 0. The molecule has 8 rings (SSSR count). The third kappa shape index (κ3) is 4.89. The molecular formula is C41H34N4O2. The maximum absolute atomic E-state index is 13.5. The lowest BCUT2D eigenvalue weighted by atomic mass is 9.77. The van der Waals surface area contributed by atoms with Crippen LogP contribution in [0.15, 0.2) is 140 Å². The quantitative estimate of drug-likeness (QED) is 0.179. The van der Waals surface area contributed by atoms with E-state index >= 15 is 0 Å². The van der Waals surface area contributed by atoms with Crippen molar-refractivity contribution in [3.63, 3.8) is 0 Å². The lowest BCUT2D eigenvalue weighted by Gasteiger charge is -2.37. The molecule has 1 aliphatic heterocycles. The number of rotatable bonds is 6. The van der Waals surface area contributed by atoms with E-state index in [1.165, 1.54) is 0 Å². The van der Waals surface area contributed by atoms with E-state index in [2.05, 4.69) is 120 Å². The van der Waals surface area contributed by atoms with Gasteiger partial charge in [0, 0.05) is 35.1 Å². The number of amides is 1. The standard InChI is InChI=1S/C41H34N4O2/c1-29-26-35(36-27-30(20-21-38(36)43-29)40(46)44-22-24-47-25-23-44)34-18-11-19-39-37(34)28-42-45(39)41(31-12-5-2-6-13-31,32-14-7-3-8-15-32)33-16-9-4-10-17-33/h2-21,26-28H,22-25H2,1H3. The van der Waals surface area contributed by atoms with Crippen molar-refractivity contribution in [2.45, 2.75) is 12.5 Å². The topological polar surface area (TPSA) is 60.2 Å². The van der Waals surface area contributed by atoms with Crippen molar-refractivity contribution < 1.29 is 9.53 Å². The second-order valence-electron chi connectivity index (χ2n) is 12.1. The van der Waals surface area contributed by atoms with Gasteiger partial charge in [-0.1, -0.05) is 103 Å². The first kappa shape index (κ1) is 28.9. The Morgan fingerprint density at radius 1 is 0.681 bits per heavy atom. The zero-order valence-electron chi connectivity index (χ0n) is 26.2. The minimum Gasteiger partial charge on any atom is -0.378 e. The molecule has 1 saturated heterocycles. The molecule has 5 aromatic carbocycles. The molecule has 1 amide bonds. The summed E-state index contributed by atoms with van der Waals surface area (Å²) in [6.45, 7) is 4.34. The fourth-order valence-electron chi connectivity index (χ4n) is 7.12. The van der Waals surface area contributed by atoms with Crippen LogP contribution < -0.4 is 0 Å². The Hall–Kier alpha value is -5.59. The van der Waals surface area contributed by atoms with Crippen molar-refractivity contribution in [3.8, 4) is 11.1 Å². The molecule has 6 heteroatoms. The van der Waals surface area contributed by atoms with Gasteiger partial charge >= 0.3 is 0 Å². The van der Waals surface area contributed by atoms with E-state index in [-0.39, 0.29) is 5.91 Å². The number of ether oxygens (including phenoxy) is 1. The number of carbonyl (C=O) groups is 1. The summed E-state index contributed by atoms with van der Waals surface area (Å²) in [5.74, 6) is 0.0196. The summed E-state index contributed by atoms with van der Waals surface area (Å²) in [5, 5.41) is 7.19. The number of nitrogens with zero attached hydrogens (tertiary/aromatic N) is 4. The van der Waals surface area contributed by atoms with Gasteiger partial charge in [0.1, 0.15) is 5.54 Å². The van der Waals surface area contributed by atoms with Gasteiger partial charge in [0.05, 0.1) is 30.4 Å². The van der Waals surface area contributed by atoms with Crippen molar-refractivity contribution in [1.82, 2.24) is 19.7 Å². The molecule has 230 valence electrons. The normalized spacial score (nSPS) is 13.7. The van der Waals surface area contributed by atoms with Crippen LogP contribution in [0, 0.1) is 6.92 Å². The highest BCUT2D eigenvalue weighted by atomic mass is 16.5. The first-order chi connectivity index (χ1) is 23.1. The van der Waals surface area contributed by atoms with E-state index in [1.54, 1.807) is 0 Å². The molecule has 1 fully saturated rings. The van der Waals surface area contributed by atoms with Gasteiger partial charge in [-0.2, -0.15) is 5.10 Å². The van der Waals surface area contributed by atoms with Crippen LogP contribution in [-0.2, 0) is 10.3 Å². The second kappa shape index (κ2) is 12.0. The monoisotopic (exact) mass is 614 g/mol. The molecular weight excluding hydrogens is 580 g/mol. The zero-order valence-corrected chi connectivity index (χ0v) is 26.2. The SMILES string of the molecule is Cc1cc(-c2cccc3c2cnn3C(c2ccccc2)(c2ccccc2)c2ccccc2)c2cc(C(=O)N3CCOCC3)ccc2n1. The molecule has 0 unspecified atom stereocenters. The first-order valence-corrected chi connectivity index (χ1v) is 16.1. The fraction of sp³-hybridized carbons (Fsp3) is 0.146. The zero-order chi connectivity index (χ0) is 31.8. The highest BCUT2D eigenvalue weighted by Gasteiger charge is 2.40. The van der Waals surface area contributed by atoms with Crippen molar-refractivity contribution in [2.24, 2.45) is 0 Å². The number of hydrogen-bond acceptors (Lipinski definition) is 4. The van der Waals surface area contributed by atoms with Crippen molar-refractivity contribution >= 4 is 27.7 Å². The van der Waals surface area contributed by atoms with Crippen LogP contribution in [0.25, 0.3) is 32.9 Å². The van der Waals surface area contributed by atoms with E-state index in [0.29, 0.717) is 31.9 Å². The van der Waals surface area contributed by atoms with Gasteiger partial charge in [0.15, 0.2) is 0 Å². The molecule has 2 aromatic heterocycles. The number of hydrogen-bond donors (Lipinski definition) is 0. The molecule has 0 radical (unpaired) electrons. The third-order valence-electron chi connectivity index (χ3n) is 9.28. The maximum Gasteiger partial charge on any atom is 0.254 e. The van der Waals surface area contributed by atoms with E-state index in [1.807, 2.05) is 36.2 Å². The molecule has 0 aliphatic carbocycles. The summed E-state index contributed by atoms with van der Waals surface area (Å²) in [6.07, 6.45) is 1.98. The largest absolute Gasteiger partial charge is 0.378 e. The predicted octanol–water partition coefficient (Wildman–Crippen LogP) is 7.87. The predicted molar refractivity (Wildman–Crippen MR) is 187 cm³/mol. The van der Waals surface area contributed by atoms with Crippen molar-refractivity contribution in [3.05, 3.63) is 168 Å². The van der Waals surface area contributed by atoms with Crippen LogP contribution in [0.4, 0.5) is 0 Å². The highest BCUT2D eigenvalue weighted by Crippen LogP contribution is 2.43. The first-order valence-electron chi connectivity index (χ1n) is 16.1. The van der Waals surface area contributed by atoms with Gasteiger partial charge in [-0.3, -0.25) is 9.78 Å². The molecule has 1 aliphatic rings. The maximum atomic E-state index is 13.5. The van der Waals surface area contributed by atoms with E-state index in [0.717, 1.165) is 55.3 Å². The molecule has 0 spiro atoms. The summed E-state index contributed by atoms with van der Waals surface area (Å²) in [6, 6.07) is 46.2. The lowest BCUT2D eigenvalue weighted by Crippen LogP contribution is -2.40. The molecule has 0 N–H and O–H groups in total. The second-order valence-corrected chi connectivity index (χ2v) is 12.1. The minimum absolute atomic E-state index is 0.0196. The van der Waals surface area contributed by atoms with Crippen LogP contribution in [0.1, 0.15) is 32.7 Å². The Labute approximate surface area is 273 Å². The summed E-state index contributed by atoms with van der Waals surface area (Å²) in [5.41, 5.74) is 8.11. The highest BCUT2D eigenvalue weighted by molar-refractivity contribution is 6.06. The number of fused-ring (bicyclic) bond motifs is 2. The van der Waals surface area contributed by atoms with Gasteiger partial charge in [-0.15, -0.1) is 0 Å². The molecule has 3 heterocycles. The molecule has 0 atom stereocenters. The van der Waals surface area contributed by atoms with E-state index in [4.69, 9.17) is 14.8 Å². The molecule has 0 bridgehead atoms. The van der Waals surface area contributed by atoms with Gasteiger partial charge < -0.3 is 9.64 Å². The van der Waals surface area contributed by atoms with Gasteiger partial charge in [-0.25, -0.2) is 4.68 Å². The van der Waals surface area contributed by atoms with E-state index in [9.17, 15) is 4.79 Å². The smallest absolute Gasteiger partial charge is 0.254 e. The van der Waals surface area contributed by atoms with Gasteiger partial charge in [0.25, 0.3) is 5.91 Å². The van der Waals surface area contributed by atoms with Crippen molar-refractivity contribution in [2.75, 3.05) is 26.3 Å². The van der Waals surface area contributed by atoms with Crippen LogP contribution in [0.2, 0.25) is 0 Å². The minimum atomic E-state index is -0.738. The molecule has 47 heavy (non-hydrogen) atoms. The van der Waals surface area contributed by atoms with Gasteiger partial charge in [0.2, 0.25) is 0 Å². The van der Waals surface area contributed by atoms with Crippen LogP contribution in [-0.4, -0.2) is 51.9 Å². The fourth-order valence-corrected chi connectivity index (χ4v) is 7.12. The number of pyridine rings is 1. The van der Waals surface area contributed by atoms with E-state index < -0.39 is 5.54 Å². The van der Waals surface area contributed by atoms with Crippen molar-refractivity contribution in [1.29, 1.82) is 0 Å². The number of carbonyl (C=O) groups excluding carboxylic acids is 1. The number of aromatic nitrogens is 3.